The molecule has 100 valence electrons. The van der Waals surface area contributed by atoms with Gasteiger partial charge in [0, 0.05) is 18.0 Å². The fourth-order valence-corrected chi connectivity index (χ4v) is 2.27. The SMILES string of the molecule is CC(CCN(C)C)NC(=O)C1CCC(N)CC1. The normalized spacial score (nSPS) is 26.9. The molecule has 17 heavy (non-hydrogen) atoms. The Hall–Kier alpha value is -0.610. The first-order valence-electron chi connectivity index (χ1n) is 6.69. The molecule has 0 aromatic rings. The third kappa shape index (κ3) is 5.50. The number of hydrogen-bond acceptors (Lipinski definition) is 3. The fraction of sp³-hybridized carbons (Fsp3) is 0.923. The molecule has 1 aliphatic rings. The van der Waals surface area contributed by atoms with Gasteiger partial charge in [-0.05, 0) is 59.7 Å². The summed E-state index contributed by atoms with van der Waals surface area (Å²) in [5, 5.41) is 3.11. The maximum Gasteiger partial charge on any atom is 0.223 e. The molecule has 1 saturated carbocycles. The van der Waals surface area contributed by atoms with Crippen molar-refractivity contribution < 1.29 is 4.79 Å². The molecule has 0 saturated heterocycles. The summed E-state index contributed by atoms with van der Waals surface area (Å²) in [5.74, 6) is 0.416. The number of carbonyl (C=O) groups excluding carboxylic acids is 1. The van der Waals surface area contributed by atoms with Crippen LogP contribution >= 0.6 is 0 Å². The minimum atomic E-state index is 0.191. The third-order valence-corrected chi connectivity index (χ3v) is 3.54. The van der Waals surface area contributed by atoms with Crippen LogP contribution in [0.1, 0.15) is 39.0 Å². The highest BCUT2D eigenvalue weighted by Gasteiger charge is 2.25. The lowest BCUT2D eigenvalue weighted by Crippen LogP contribution is -2.41. The average molecular weight is 241 g/mol. The Balaban J connectivity index is 2.23. The van der Waals surface area contributed by atoms with Gasteiger partial charge >= 0.3 is 0 Å². The molecule has 4 nitrogen and oxygen atoms in total. The lowest BCUT2D eigenvalue weighted by Gasteiger charge is -2.26. The van der Waals surface area contributed by atoms with Crippen molar-refractivity contribution in [2.75, 3.05) is 20.6 Å². The van der Waals surface area contributed by atoms with E-state index in [1.807, 2.05) is 0 Å². The predicted octanol–water partition coefficient (Wildman–Crippen LogP) is 0.960. The van der Waals surface area contributed by atoms with Crippen molar-refractivity contribution in [1.29, 1.82) is 0 Å². The van der Waals surface area contributed by atoms with Gasteiger partial charge in [-0.3, -0.25) is 4.79 Å². The molecule has 1 atom stereocenters. The Morgan fingerprint density at radius 1 is 1.35 bits per heavy atom. The van der Waals surface area contributed by atoms with E-state index < -0.39 is 0 Å². The number of amides is 1. The quantitative estimate of drug-likeness (QED) is 0.754. The largest absolute Gasteiger partial charge is 0.353 e. The van der Waals surface area contributed by atoms with Crippen molar-refractivity contribution in [3.05, 3.63) is 0 Å². The number of hydrogen-bond donors (Lipinski definition) is 2. The van der Waals surface area contributed by atoms with E-state index in [1.54, 1.807) is 0 Å². The van der Waals surface area contributed by atoms with E-state index in [2.05, 4.69) is 31.2 Å². The zero-order valence-corrected chi connectivity index (χ0v) is 11.4. The van der Waals surface area contributed by atoms with Gasteiger partial charge in [-0.15, -0.1) is 0 Å². The summed E-state index contributed by atoms with van der Waals surface area (Å²) in [5.41, 5.74) is 5.84. The second kappa shape index (κ2) is 6.97. The highest BCUT2D eigenvalue weighted by Crippen LogP contribution is 2.23. The van der Waals surface area contributed by atoms with Crippen LogP contribution in [0, 0.1) is 5.92 Å². The van der Waals surface area contributed by atoms with Gasteiger partial charge < -0.3 is 16.0 Å². The monoisotopic (exact) mass is 241 g/mol. The Labute approximate surface area is 105 Å². The number of nitrogens with one attached hydrogen (secondary N) is 1. The second-order valence-electron chi connectivity index (χ2n) is 5.61. The van der Waals surface area contributed by atoms with Crippen LogP contribution in [-0.2, 0) is 4.79 Å². The van der Waals surface area contributed by atoms with Gasteiger partial charge in [0.2, 0.25) is 5.91 Å². The van der Waals surface area contributed by atoms with Gasteiger partial charge in [0.25, 0.3) is 0 Å². The summed E-state index contributed by atoms with van der Waals surface area (Å²) in [7, 11) is 4.11. The number of nitrogens with two attached hydrogens (primary N) is 1. The predicted molar refractivity (Wildman–Crippen MR) is 70.7 cm³/mol. The van der Waals surface area contributed by atoms with E-state index in [4.69, 9.17) is 5.73 Å². The van der Waals surface area contributed by atoms with E-state index in [0.717, 1.165) is 38.6 Å². The molecular weight excluding hydrogens is 214 g/mol. The standard InChI is InChI=1S/C13H27N3O/c1-10(8-9-16(2)3)15-13(17)11-4-6-12(14)7-5-11/h10-12H,4-9,14H2,1-3H3,(H,15,17). The molecule has 1 aliphatic carbocycles. The van der Waals surface area contributed by atoms with Crippen molar-refractivity contribution in [3.63, 3.8) is 0 Å². The molecule has 3 N–H and O–H groups in total. The highest BCUT2D eigenvalue weighted by molar-refractivity contribution is 5.79. The van der Waals surface area contributed by atoms with Crippen LogP contribution in [0.3, 0.4) is 0 Å². The summed E-state index contributed by atoms with van der Waals surface area (Å²) in [6.07, 6.45) is 4.89. The molecule has 0 radical (unpaired) electrons. The molecule has 0 heterocycles. The molecule has 1 fully saturated rings. The van der Waals surface area contributed by atoms with Crippen LogP contribution in [0.5, 0.6) is 0 Å². The van der Waals surface area contributed by atoms with E-state index in [-0.39, 0.29) is 17.9 Å². The van der Waals surface area contributed by atoms with Gasteiger partial charge in [0.15, 0.2) is 0 Å². The average Bonchev–Trinajstić information content (AvgIpc) is 2.27. The van der Waals surface area contributed by atoms with Crippen molar-refractivity contribution >= 4 is 5.91 Å². The minimum Gasteiger partial charge on any atom is -0.353 e. The summed E-state index contributed by atoms with van der Waals surface area (Å²) in [6.45, 7) is 3.09. The van der Waals surface area contributed by atoms with Gasteiger partial charge in [0.05, 0.1) is 0 Å². The summed E-state index contributed by atoms with van der Waals surface area (Å²) < 4.78 is 0. The van der Waals surface area contributed by atoms with E-state index in [9.17, 15) is 4.79 Å². The molecule has 0 spiro atoms. The molecule has 1 amide bonds. The molecule has 0 aromatic carbocycles. The lowest BCUT2D eigenvalue weighted by molar-refractivity contribution is -0.126. The van der Waals surface area contributed by atoms with Gasteiger partial charge in [-0.2, -0.15) is 0 Å². The number of carbonyl (C=O) groups is 1. The topological polar surface area (TPSA) is 58.4 Å². The van der Waals surface area contributed by atoms with Crippen LogP contribution in [0.15, 0.2) is 0 Å². The van der Waals surface area contributed by atoms with Crippen LogP contribution in [0.4, 0.5) is 0 Å². The zero-order valence-electron chi connectivity index (χ0n) is 11.4. The summed E-state index contributed by atoms with van der Waals surface area (Å²) in [4.78, 5) is 14.1. The lowest BCUT2D eigenvalue weighted by atomic mass is 9.86. The molecule has 0 bridgehead atoms. The maximum atomic E-state index is 12.0. The molecule has 0 aliphatic heterocycles. The van der Waals surface area contributed by atoms with Crippen LogP contribution in [0.2, 0.25) is 0 Å². The number of nitrogens with zero attached hydrogens (tertiary/aromatic N) is 1. The Morgan fingerprint density at radius 2 is 1.94 bits per heavy atom. The first-order chi connectivity index (χ1) is 7.99. The van der Waals surface area contributed by atoms with Gasteiger partial charge in [-0.25, -0.2) is 0 Å². The minimum absolute atomic E-state index is 0.191. The van der Waals surface area contributed by atoms with E-state index >= 15 is 0 Å². The first-order valence-corrected chi connectivity index (χ1v) is 6.69. The second-order valence-corrected chi connectivity index (χ2v) is 5.61. The summed E-state index contributed by atoms with van der Waals surface area (Å²) in [6, 6.07) is 0.575. The highest BCUT2D eigenvalue weighted by atomic mass is 16.1. The fourth-order valence-electron chi connectivity index (χ4n) is 2.27. The Bertz CT molecular complexity index is 235. The van der Waals surface area contributed by atoms with Crippen molar-refractivity contribution in [3.8, 4) is 0 Å². The van der Waals surface area contributed by atoms with Crippen molar-refractivity contribution in [1.82, 2.24) is 10.2 Å². The molecule has 1 rings (SSSR count). The Kier molecular flexibility index (Phi) is 5.92. The smallest absolute Gasteiger partial charge is 0.223 e. The van der Waals surface area contributed by atoms with Gasteiger partial charge in [-0.1, -0.05) is 0 Å². The molecule has 1 unspecified atom stereocenters. The summed E-state index contributed by atoms with van der Waals surface area (Å²) >= 11 is 0. The molecule has 0 aromatic heterocycles. The van der Waals surface area contributed by atoms with Gasteiger partial charge in [0.1, 0.15) is 0 Å². The Morgan fingerprint density at radius 3 is 2.47 bits per heavy atom. The van der Waals surface area contributed by atoms with Crippen molar-refractivity contribution in [2.24, 2.45) is 11.7 Å². The number of rotatable bonds is 5. The van der Waals surface area contributed by atoms with Crippen molar-refractivity contribution in [2.45, 2.75) is 51.1 Å². The first kappa shape index (κ1) is 14.5. The van der Waals surface area contributed by atoms with E-state index in [1.165, 1.54) is 0 Å². The molecule has 4 heteroatoms. The van der Waals surface area contributed by atoms with Crippen LogP contribution in [0.25, 0.3) is 0 Å². The third-order valence-electron chi connectivity index (χ3n) is 3.54. The zero-order chi connectivity index (χ0) is 12.8. The van der Waals surface area contributed by atoms with Crippen LogP contribution in [-0.4, -0.2) is 43.5 Å². The molecular formula is C13H27N3O. The van der Waals surface area contributed by atoms with Crippen LogP contribution < -0.4 is 11.1 Å². The maximum absolute atomic E-state index is 12.0. The van der Waals surface area contributed by atoms with E-state index in [0.29, 0.717) is 6.04 Å².